The van der Waals surface area contributed by atoms with Crippen molar-refractivity contribution in [2.45, 2.75) is 4.90 Å². The molecule has 0 bridgehead atoms. The number of nitrogens with zero attached hydrogens (tertiary/aromatic N) is 1. The molecular formula is C6H10N4S. The molecule has 0 unspecified atom stereocenters. The van der Waals surface area contributed by atoms with Crippen molar-refractivity contribution in [3.8, 4) is 0 Å². The molecule has 0 aliphatic heterocycles. The van der Waals surface area contributed by atoms with Gasteiger partial charge in [-0.3, -0.25) is 4.78 Å². The van der Waals surface area contributed by atoms with Crippen LogP contribution in [0.1, 0.15) is 0 Å². The van der Waals surface area contributed by atoms with E-state index in [0.29, 0.717) is 5.82 Å². The molecule has 0 aromatic carbocycles. The summed E-state index contributed by atoms with van der Waals surface area (Å²) in [5.74, 6) is 5.74. The van der Waals surface area contributed by atoms with E-state index in [4.69, 9.17) is 10.6 Å². The van der Waals surface area contributed by atoms with Gasteiger partial charge in [0.05, 0.1) is 0 Å². The second-order valence-electron chi connectivity index (χ2n) is 2.03. The van der Waals surface area contributed by atoms with E-state index in [-0.39, 0.29) is 0 Å². The summed E-state index contributed by atoms with van der Waals surface area (Å²) < 4.78 is 7.38. The van der Waals surface area contributed by atoms with Gasteiger partial charge in [-0.1, -0.05) is 10.7 Å². The first-order valence-corrected chi connectivity index (χ1v) is 4.67. The molecule has 0 radical (unpaired) electrons. The summed E-state index contributed by atoms with van der Waals surface area (Å²) in [7, 11) is -0.470. The summed E-state index contributed by atoms with van der Waals surface area (Å²) in [5.41, 5.74) is 2.42. The fraction of sp³-hybridized carbons (Fsp3) is 0.167. The number of nitrogen functional groups attached to an aromatic ring is 1. The van der Waals surface area contributed by atoms with Crippen molar-refractivity contribution in [3.63, 3.8) is 0 Å². The second kappa shape index (κ2) is 3.45. The predicted octanol–water partition coefficient (Wildman–Crippen LogP) is 0.737. The average Bonchev–Trinajstić information content (AvgIpc) is 2.05. The molecule has 1 aromatic rings. The van der Waals surface area contributed by atoms with Gasteiger partial charge >= 0.3 is 0 Å². The fourth-order valence-corrected chi connectivity index (χ4v) is 1.13. The third-order valence-electron chi connectivity index (χ3n) is 1.24. The molecule has 4 N–H and O–H groups in total. The van der Waals surface area contributed by atoms with Crippen LogP contribution in [0.3, 0.4) is 0 Å². The maximum Gasteiger partial charge on any atom is 0.139 e. The molecule has 1 atom stereocenters. The van der Waals surface area contributed by atoms with Crippen LogP contribution >= 0.6 is 0 Å². The van der Waals surface area contributed by atoms with Crippen molar-refractivity contribution in [3.05, 3.63) is 18.3 Å². The highest BCUT2D eigenvalue weighted by Crippen LogP contribution is 2.06. The molecule has 0 spiro atoms. The molecule has 60 valence electrons. The average molecular weight is 170 g/mol. The molecule has 5 heteroatoms. The summed E-state index contributed by atoms with van der Waals surface area (Å²) in [5, 5.41) is 0. The van der Waals surface area contributed by atoms with Crippen LogP contribution in [0.2, 0.25) is 0 Å². The lowest BCUT2D eigenvalue weighted by Crippen LogP contribution is -2.08. The van der Waals surface area contributed by atoms with Gasteiger partial charge in [0.1, 0.15) is 5.82 Å². The molecule has 11 heavy (non-hydrogen) atoms. The Morgan fingerprint density at radius 1 is 1.64 bits per heavy atom. The van der Waals surface area contributed by atoms with E-state index >= 15 is 0 Å². The van der Waals surface area contributed by atoms with Crippen molar-refractivity contribution >= 4 is 16.5 Å². The number of nitrogens with one attached hydrogen (secondary N) is 2. The number of rotatable bonds is 2. The highest BCUT2D eigenvalue weighted by atomic mass is 32.2. The minimum Gasteiger partial charge on any atom is -0.308 e. The van der Waals surface area contributed by atoms with Gasteiger partial charge < -0.3 is 5.43 Å². The van der Waals surface area contributed by atoms with Crippen molar-refractivity contribution in [1.29, 1.82) is 4.78 Å². The smallest absolute Gasteiger partial charge is 0.139 e. The number of anilines is 1. The summed E-state index contributed by atoms with van der Waals surface area (Å²) in [6, 6.07) is 3.60. The van der Waals surface area contributed by atoms with Crippen LogP contribution in [-0.4, -0.2) is 11.2 Å². The Hall–Kier alpha value is -0.940. The summed E-state index contributed by atoms with van der Waals surface area (Å²) in [6.07, 6.45) is 3.48. The van der Waals surface area contributed by atoms with Gasteiger partial charge in [-0.15, -0.1) is 0 Å². The highest BCUT2D eigenvalue weighted by molar-refractivity contribution is 7.85. The zero-order valence-electron chi connectivity index (χ0n) is 6.16. The molecule has 0 amide bonds. The third kappa shape index (κ3) is 1.99. The molecule has 1 aromatic heterocycles. The largest absolute Gasteiger partial charge is 0.308 e. The molecule has 0 fully saturated rings. The normalized spacial score (nSPS) is 12.5. The minimum atomic E-state index is -0.470. The van der Waals surface area contributed by atoms with Crippen molar-refractivity contribution in [2.75, 3.05) is 11.7 Å². The SMILES string of the molecule is C[S@@](=N)c1ccc(NN)nc1. The highest BCUT2D eigenvalue weighted by Gasteiger charge is 1.93. The predicted molar refractivity (Wildman–Crippen MR) is 46.3 cm³/mol. The van der Waals surface area contributed by atoms with Gasteiger partial charge in [-0.2, -0.15) is 0 Å². The second-order valence-corrected chi connectivity index (χ2v) is 3.53. The van der Waals surface area contributed by atoms with Crippen LogP contribution in [0.4, 0.5) is 5.82 Å². The van der Waals surface area contributed by atoms with Crippen molar-refractivity contribution < 1.29 is 0 Å². The van der Waals surface area contributed by atoms with Gasteiger partial charge in [0.2, 0.25) is 0 Å². The molecule has 0 saturated carbocycles. The lowest BCUT2D eigenvalue weighted by Gasteiger charge is -2.00. The standard InChI is InChI=1S/C6H10N4S/c1-11(8)5-2-3-6(10-7)9-4-5/h2-4,8H,7H2,1H3,(H,9,10)/t11-/m1/s1. The van der Waals surface area contributed by atoms with Gasteiger partial charge in [-0.05, 0) is 18.4 Å². The number of hydrogen-bond acceptors (Lipinski definition) is 4. The van der Waals surface area contributed by atoms with E-state index in [0.717, 1.165) is 4.90 Å². The summed E-state index contributed by atoms with van der Waals surface area (Å²) in [4.78, 5) is 4.89. The maximum absolute atomic E-state index is 7.38. The Morgan fingerprint density at radius 2 is 2.36 bits per heavy atom. The summed E-state index contributed by atoms with van der Waals surface area (Å²) >= 11 is 0. The van der Waals surface area contributed by atoms with Crippen LogP contribution in [0, 0.1) is 4.78 Å². The van der Waals surface area contributed by atoms with Crippen LogP contribution < -0.4 is 11.3 Å². The zero-order valence-corrected chi connectivity index (χ0v) is 6.98. The number of hydrazine groups is 1. The number of pyridine rings is 1. The van der Waals surface area contributed by atoms with E-state index in [1.807, 2.05) is 12.3 Å². The Labute approximate surface area is 67.7 Å². The van der Waals surface area contributed by atoms with Gasteiger partial charge in [0.15, 0.2) is 0 Å². The van der Waals surface area contributed by atoms with Crippen molar-refractivity contribution in [1.82, 2.24) is 4.98 Å². The van der Waals surface area contributed by atoms with E-state index in [1.165, 1.54) is 0 Å². The Balaban J connectivity index is 2.91. The molecule has 1 heterocycles. The Morgan fingerprint density at radius 3 is 2.73 bits per heavy atom. The first-order chi connectivity index (χ1) is 5.24. The quantitative estimate of drug-likeness (QED) is 0.452. The Bertz CT molecular complexity index is 256. The van der Waals surface area contributed by atoms with Crippen LogP contribution in [0.25, 0.3) is 0 Å². The Kier molecular flexibility index (Phi) is 2.56. The lowest BCUT2D eigenvalue weighted by molar-refractivity contribution is 1.18. The van der Waals surface area contributed by atoms with E-state index in [2.05, 4.69) is 10.4 Å². The van der Waals surface area contributed by atoms with Gasteiger partial charge in [-0.25, -0.2) is 10.8 Å². The molecule has 0 saturated heterocycles. The van der Waals surface area contributed by atoms with E-state index in [9.17, 15) is 0 Å². The van der Waals surface area contributed by atoms with Crippen LogP contribution in [-0.2, 0) is 10.7 Å². The van der Waals surface area contributed by atoms with Crippen molar-refractivity contribution in [2.24, 2.45) is 5.84 Å². The van der Waals surface area contributed by atoms with Crippen LogP contribution in [0.5, 0.6) is 0 Å². The molecular weight excluding hydrogens is 160 g/mol. The minimum absolute atomic E-state index is 0.470. The van der Waals surface area contributed by atoms with Crippen LogP contribution in [0.15, 0.2) is 23.2 Å². The fourth-order valence-electron chi connectivity index (χ4n) is 0.647. The van der Waals surface area contributed by atoms with E-state index in [1.54, 1.807) is 12.3 Å². The first kappa shape index (κ1) is 8.16. The van der Waals surface area contributed by atoms with Gasteiger partial charge in [0.25, 0.3) is 0 Å². The number of nitrogens with two attached hydrogens (primary N) is 1. The monoisotopic (exact) mass is 170 g/mol. The maximum atomic E-state index is 7.38. The molecule has 4 nitrogen and oxygen atoms in total. The topological polar surface area (TPSA) is 74.8 Å². The first-order valence-electron chi connectivity index (χ1n) is 3.04. The number of hydrogen-bond donors (Lipinski definition) is 3. The third-order valence-corrected chi connectivity index (χ3v) is 2.19. The molecule has 0 aliphatic rings. The number of aromatic nitrogens is 1. The molecule has 1 rings (SSSR count). The lowest BCUT2D eigenvalue weighted by atomic mass is 10.5. The van der Waals surface area contributed by atoms with Gasteiger partial charge in [0, 0.05) is 11.1 Å². The zero-order chi connectivity index (χ0) is 8.27. The van der Waals surface area contributed by atoms with E-state index < -0.39 is 10.7 Å². The molecule has 0 aliphatic carbocycles. The summed E-state index contributed by atoms with van der Waals surface area (Å²) in [6.45, 7) is 0.